The number of carbonyl (C=O) groups excluding carboxylic acids is 1. The maximum atomic E-state index is 13.7. The molecule has 1 heterocycles. The van der Waals surface area contributed by atoms with E-state index in [0.29, 0.717) is 4.47 Å². The van der Waals surface area contributed by atoms with Crippen molar-refractivity contribution in [2.24, 2.45) is 0 Å². The Morgan fingerprint density at radius 1 is 1.41 bits per heavy atom. The number of carbonyl (C=O) groups is 1. The van der Waals surface area contributed by atoms with Gasteiger partial charge in [0.2, 0.25) is 0 Å². The van der Waals surface area contributed by atoms with E-state index in [1.807, 2.05) is 0 Å². The SMILES string of the molecule is O=C(NC1CCNCC1)c1cccc(Br)c1F. The van der Waals surface area contributed by atoms with Gasteiger partial charge in [-0.05, 0) is 54.0 Å². The van der Waals surface area contributed by atoms with Crippen molar-refractivity contribution >= 4 is 21.8 Å². The fraction of sp³-hybridized carbons (Fsp3) is 0.417. The molecule has 92 valence electrons. The highest BCUT2D eigenvalue weighted by Crippen LogP contribution is 2.18. The van der Waals surface area contributed by atoms with Crippen molar-refractivity contribution in [1.82, 2.24) is 10.6 Å². The smallest absolute Gasteiger partial charge is 0.254 e. The molecular formula is C12H14BrFN2O. The van der Waals surface area contributed by atoms with E-state index in [1.54, 1.807) is 12.1 Å². The van der Waals surface area contributed by atoms with Crippen LogP contribution >= 0.6 is 15.9 Å². The summed E-state index contributed by atoms with van der Waals surface area (Å²) < 4.78 is 14.0. The Balaban J connectivity index is 2.06. The van der Waals surface area contributed by atoms with Crippen molar-refractivity contribution in [1.29, 1.82) is 0 Å². The Kier molecular flexibility index (Phi) is 4.12. The van der Waals surface area contributed by atoms with Crippen molar-refractivity contribution in [3.05, 3.63) is 34.1 Å². The van der Waals surface area contributed by atoms with Gasteiger partial charge in [-0.1, -0.05) is 6.07 Å². The zero-order valence-corrected chi connectivity index (χ0v) is 10.9. The number of rotatable bonds is 2. The van der Waals surface area contributed by atoms with E-state index >= 15 is 0 Å². The summed E-state index contributed by atoms with van der Waals surface area (Å²) in [6.07, 6.45) is 1.78. The summed E-state index contributed by atoms with van der Waals surface area (Å²) in [6, 6.07) is 4.87. The molecule has 1 aromatic carbocycles. The third-order valence-corrected chi connectivity index (χ3v) is 3.48. The molecule has 0 radical (unpaired) electrons. The number of nitrogens with one attached hydrogen (secondary N) is 2. The van der Waals surface area contributed by atoms with E-state index in [0.717, 1.165) is 25.9 Å². The lowest BCUT2D eigenvalue weighted by atomic mass is 10.1. The molecule has 2 N–H and O–H groups in total. The second-order valence-corrected chi connectivity index (χ2v) is 4.95. The van der Waals surface area contributed by atoms with Crippen LogP contribution in [0.25, 0.3) is 0 Å². The van der Waals surface area contributed by atoms with Crippen molar-refractivity contribution in [3.8, 4) is 0 Å². The summed E-state index contributed by atoms with van der Waals surface area (Å²) in [5.41, 5.74) is 0.0953. The third-order valence-electron chi connectivity index (χ3n) is 2.87. The molecule has 0 aliphatic carbocycles. The quantitative estimate of drug-likeness (QED) is 0.878. The minimum atomic E-state index is -0.501. The monoisotopic (exact) mass is 300 g/mol. The van der Waals surface area contributed by atoms with Crippen LogP contribution in [0, 0.1) is 5.82 Å². The van der Waals surface area contributed by atoms with Crippen LogP contribution in [-0.4, -0.2) is 25.0 Å². The van der Waals surface area contributed by atoms with Gasteiger partial charge in [0.1, 0.15) is 5.82 Å². The van der Waals surface area contributed by atoms with Gasteiger partial charge in [0.05, 0.1) is 10.0 Å². The Hall–Kier alpha value is -0.940. The molecule has 1 aliphatic heterocycles. The second kappa shape index (κ2) is 5.60. The molecule has 3 nitrogen and oxygen atoms in total. The lowest BCUT2D eigenvalue weighted by Gasteiger charge is -2.23. The molecular weight excluding hydrogens is 287 g/mol. The summed E-state index contributed by atoms with van der Waals surface area (Å²) in [6.45, 7) is 1.79. The van der Waals surface area contributed by atoms with Crippen LogP contribution in [0.2, 0.25) is 0 Å². The van der Waals surface area contributed by atoms with E-state index in [4.69, 9.17) is 0 Å². The van der Waals surface area contributed by atoms with Crippen LogP contribution in [0.15, 0.2) is 22.7 Å². The molecule has 0 bridgehead atoms. The summed E-state index contributed by atoms with van der Waals surface area (Å²) in [7, 11) is 0. The van der Waals surface area contributed by atoms with E-state index in [2.05, 4.69) is 26.6 Å². The van der Waals surface area contributed by atoms with Gasteiger partial charge in [0.25, 0.3) is 5.91 Å². The standard InChI is InChI=1S/C12H14BrFN2O/c13-10-3-1-2-9(11(10)14)12(17)16-8-4-6-15-7-5-8/h1-3,8,15H,4-7H2,(H,16,17). The minimum absolute atomic E-state index is 0.0953. The van der Waals surface area contributed by atoms with Crippen LogP contribution in [0.3, 0.4) is 0 Å². The summed E-state index contributed by atoms with van der Waals surface area (Å²) in [5.74, 6) is -0.838. The number of hydrogen-bond donors (Lipinski definition) is 2. The number of benzene rings is 1. The van der Waals surface area contributed by atoms with E-state index in [1.165, 1.54) is 6.07 Å². The first-order valence-corrected chi connectivity index (χ1v) is 6.43. The van der Waals surface area contributed by atoms with Gasteiger partial charge >= 0.3 is 0 Å². The van der Waals surface area contributed by atoms with Crippen molar-refractivity contribution in [2.75, 3.05) is 13.1 Å². The van der Waals surface area contributed by atoms with Crippen LogP contribution in [0.1, 0.15) is 23.2 Å². The average Bonchev–Trinajstić information content (AvgIpc) is 2.34. The first kappa shape index (κ1) is 12.5. The Labute approximate surface area is 108 Å². The highest BCUT2D eigenvalue weighted by molar-refractivity contribution is 9.10. The Morgan fingerprint density at radius 3 is 2.82 bits per heavy atom. The van der Waals surface area contributed by atoms with Gasteiger partial charge in [0, 0.05) is 6.04 Å². The van der Waals surface area contributed by atoms with Gasteiger partial charge in [-0.3, -0.25) is 4.79 Å². The summed E-state index contributed by atoms with van der Waals surface area (Å²) in [5, 5.41) is 6.08. The highest BCUT2D eigenvalue weighted by atomic mass is 79.9. The third kappa shape index (κ3) is 3.04. The van der Waals surface area contributed by atoms with Crippen molar-refractivity contribution < 1.29 is 9.18 Å². The highest BCUT2D eigenvalue weighted by Gasteiger charge is 2.19. The fourth-order valence-electron chi connectivity index (χ4n) is 1.91. The number of amides is 1. The summed E-state index contributed by atoms with van der Waals surface area (Å²) >= 11 is 3.07. The molecule has 1 aromatic rings. The van der Waals surface area contributed by atoms with E-state index < -0.39 is 5.82 Å². The van der Waals surface area contributed by atoms with Gasteiger partial charge in [-0.2, -0.15) is 0 Å². The minimum Gasteiger partial charge on any atom is -0.349 e. The first-order valence-electron chi connectivity index (χ1n) is 5.64. The average molecular weight is 301 g/mol. The zero-order valence-electron chi connectivity index (χ0n) is 9.30. The first-order chi connectivity index (χ1) is 8.18. The molecule has 1 aliphatic rings. The van der Waals surface area contributed by atoms with Gasteiger partial charge < -0.3 is 10.6 Å². The lowest BCUT2D eigenvalue weighted by Crippen LogP contribution is -2.42. The molecule has 1 saturated heterocycles. The summed E-state index contributed by atoms with van der Waals surface area (Å²) in [4.78, 5) is 11.9. The Bertz CT molecular complexity index is 419. The fourth-order valence-corrected chi connectivity index (χ4v) is 2.27. The van der Waals surface area contributed by atoms with E-state index in [9.17, 15) is 9.18 Å². The largest absolute Gasteiger partial charge is 0.349 e. The zero-order chi connectivity index (χ0) is 12.3. The molecule has 1 amide bonds. The van der Waals surface area contributed by atoms with Crippen LogP contribution in [0.5, 0.6) is 0 Å². The van der Waals surface area contributed by atoms with Gasteiger partial charge in [0.15, 0.2) is 0 Å². The second-order valence-electron chi connectivity index (χ2n) is 4.10. The van der Waals surface area contributed by atoms with Crippen LogP contribution < -0.4 is 10.6 Å². The molecule has 0 saturated carbocycles. The molecule has 1 fully saturated rings. The number of piperidine rings is 1. The molecule has 0 atom stereocenters. The lowest BCUT2D eigenvalue weighted by molar-refractivity contribution is 0.0925. The van der Waals surface area contributed by atoms with Gasteiger partial charge in [-0.25, -0.2) is 4.39 Å². The molecule has 0 spiro atoms. The molecule has 0 aromatic heterocycles. The van der Waals surface area contributed by atoms with E-state index in [-0.39, 0.29) is 17.5 Å². The number of halogens is 2. The maximum Gasteiger partial charge on any atom is 0.254 e. The maximum absolute atomic E-state index is 13.7. The predicted molar refractivity (Wildman–Crippen MR) is 67.5 cm³/mol. The van der Waals surface area contributed by atoms with Gasteiger partial charge in [-0.15, -0.1) is 0 Å². The number of hydrogen-bond acceptors (Lipinski definition) is 2. The topological polar surface area (TPSA) is 41.1 Å². The molecule has 2 rings (SSSR count). The molecule has 0 unspecified atom stereocenters. The molecule has 5 heteroatoms. The van der Waals surface area contributed by atoms with Crippen molar-refractivity contribution in [3.63, 3.8) is 0 Å². The van der Waals surface area contributed by atoms with Crippen LogP contribution in [-0.2, 0) is 0 Å². The Morgan fingerprint density at radius 2 is 2.12 bits per heavy atom. The van der Waals surface area contributed by atoms with Crippen molar-refractivity contribution in [2.45, 2.75) is 18.9 Å². The molecule has 17 heavy (non-hydrogen) atoms. The van der Waals surface area contributed by atoms with Crippen LogP contribution in [0.4, 0.5) is 4.39 Å². The normalized spacial score (nSPS) is 16.8. The predicted octanol–water partition coefficient (Wildman–Crippen LogP) is 2.07.